The van der Waals surface area contributed by atoms with Crippen molar-refractivity contribution in [3.05, 3.63) is 0 Å². The van der Waals surface area contributed by atoms with Gasteiger partial charge < -0.3 is 15.4 Å². The number of amides is 1. The van der Waals surface area contributed by atoms with Gasteiger partial charge in [-0.3, -0.25) is 9.69 Å². The lowest BCUT2D eigenvalue weighted by atomic mass is 10.1. The summed E-state index contributed by atoms with van der Waals surface area (Å²) < 4.78 is 4.92. The number of carbonyl (C=O) groups is 1. The van der Waals surface area contributed by atoms with Crippen molar-refractivity contribution in [2.24, 2.45) is 0 Å². The summed E-state index contributed by atoms with van der Waals surface area (Å²) in [5.41, 5.74) is 0. The van der Waals surface area contributed by atoms with E-state index in [9.17, 15) is 4.79 Å². The smallest absolute Gasteiger partial charge is 0.237 e. The van der Waals surface area contributed by atoms with Crippen molar-refractivity contribution in [1.29, 1.82) is 0 Å². The number of rotatable bonds is 7. The number of nitrogens with zero attached hydrogens (tertiary/aromatic N) is 1. The lowest BCUT2D eigenvalue weighted by Gasteiger charge is -2.32. The van der Waals surface area contributed by atoms with Crippen LogP contribution in [0.1, 0.15) is 20.3 Å². The third-order valence-electron chi connectivity index (χ3n) is 3.35. The maximum Gasteiger partial charge on any atom is 0.237 e. The van der Waals surface area contributed by atoms with Crippen LogP contribution >= 0.6 is 0 Å². The number of hydrogen-bond acceptors (Lipinski definition) is 4. The normalized spacial score (nSPS) is 21.8. The molecule has 5 heteroatoms. The van der Waals surface area contributed by atoms with Crippen LogP contribution in [0.3, 0.4) is 0 Å². The zero-order valence-corrected chi connectivity index (χ0v) is 11.2. The van der Waals surface area contributed by atoms with E-state index < -0.39 is 0 Å². The molecule has 17 heavy (non-hydrogen) atoms. The predicted octanol–water partition coefficient (Wildman–Crippen LogP) is -0.179. The standard InChI is InChI=1S/C12H25N3O2/c1-4-15(11-5-6-13-9-11)10(2)12(16)14-7-8-17-3/h10-11,13H,4-9H2,1-3H3,(H,14,16). The van der Waals surface area contributed by atoms with Crippen molar-refractivity contribution in [2.45, 2.75) is 32.4 Å². The van der Waals surface area contributed by atoms with Crippen LogP contribution < -0.4 is 10.6 Å². The Morgan fingerprint density at radius 3 is 2.94 bits per heavy atom. The van der Waals surface area contributed by atoms with Crippen molar-refractivity contribution in [3.63, 3.8) is 0 Å². The van der Waals surface area contributed by atoms with Crippen molar-refractivity contribution in [2.75, 3.05) is 39.9 Å². The maximum absolute atomic E-state index is 11.9. The van der Waals surface area contributed by atoms with Crippen LogP contribution in [0.2, 0.25) is 0 Å². The molecule has 2 atom stereocenters. The zero-order valence-electron chi connectivity index (χ0n) is 11.2. The molecule has 1 fully saturated rings. The molecule has 1 aliphatic heterocycles. The van der Waals surface area contributed by atoms with Gasteiger partial charge in [-0.2, -0.15) is 0 Å². The first-order chi connectivity index (χ1) is 8.20. The average Bonchev–Trinajstić information content (AvgIpc) is 2.83. The Labute approximate surface area is 104 Å². The molecule has 1 aliphatic rings. The monoisotopic (exact) mass is 243 g/mol. The van der Waals surface area contributed by atoms with Gasteiger partial charge in [-0.15, -0.1) is 0 Å². The lowest BCUT2D eigenvalue weighted by molar-refractivity contribution is -0.126. The van der Waals surface area contributed by atoms with E-state index in [2.05, 4.69) is 22.5 Å². The van der Waals surface area contributed by atoms with Gasteiger partial charge in [0.15, 0.2) is 0 Å². The number of hydrogen-bond donors (Lipinski definition) is 2. The molecule has 5 nitrogen and oxygen atoms in total. The fourth-order valence-electron chi connectivity index (χ4n) is 2.35. The molecule has 1 saturated heterocycles. The highest BCUT2D eigenvalue weighted by Gasteiger charge is 2.28. The molecule has 0 aromatic carbocycles. The third-order valence-corrected chi connectivity index (χ3v) is 3.35. The molecule has 2 unspecified atom stereocenters. The van der Waals surface area contributed by atoms with Gasteiger partial charge in [0.2, 0.25) is 5.91 Å². The Morgan fingerprint density at radius 1 is 1.65 bits per heavy atom. The van der Waals surface area contributed by atoms with Gasteiger partial charge in [-0.1, -0.05) is 6.92 Å². The predicted molar refractivity (Wildman–Crippen MR) is 68.0 cm³/mol. The number of nitrogens with one attached hydrogen (secondary N) is 2. The lowest BCUT2D eigenvalue weighted by Crippen LogP contribution is -2.50. The van der Waals surface area contributed by atoms with Crippen LogP contribution in [0, 0.1) is 0 Å². The van der Waals surface area contributed by atoms with E-state index in [-0.39, 0.29) is 11.9 Å². The van der Waals surface area contributed by atoms with Crippen molar-refractivity contribution >= 4 is 5.91 Å². The van der Waals surface area contributed by atoms with E-state index in [0.29, 0.717) is 19.2 Å². The van der Waals surface area contributed by atoms with Crippen LogP contribution in [0.15, 0.2) is 0 Å². The summed E-state index contributed by atoms with van der Waals surface area (Å²) in [5.74, 6) is 0.0933. The average molecular weight is 243 g/mol. The molecule has 0 aromatic heterocycles. The second kappa shape index (κ2) is 7.63. The van der Waals surface area contributed by atoms with Gasteiger partial charge in [0.05, 0.1) is 12.6 Å². The number of likely N-dealkylation sites (N-methyl/N-ethyl adjacent to an activating group) is 1. The maximum atomic E-state index is 11.9. The van der Waals surface area contributed by atoms with Gasteiger partial charge in [0.1, 0.15) is 0 Å². The molecule has 0 radical (unpaired) electrons. The molecule has 0 aromatic rings. The van der Waals surface area contributed by atoms with E-state index in [1.807, 2.05) is 6.92 Å². The molecular weight excluding hydrogens is 218 g/mol. The fourth-order valence-corrected chi connectivity index (χ4v) is 2.35. The number of ether oxygens (including phenoxy) is 1. The highest BCUT2D eigenvalue weighted by molar-refractivity contribution is 5.81. The van der Waals surface area contributed by atoms with Crippen LogP contribution in [0.25, 0.3) is 0 Å². The van der Waals surface area contributed by atoms with Crippen LogP contribution in [-0.4, -0.2) is 62.8 Å². The van der Waals surface area contributed by atoms with Gasteiger partial charge in [-0.25, -0.2) is 0 Å². The number of carbonyl (C=O) groups excluding carboxylic acids is 1. The number of methoxy groups -OCH3 is 1. The summed E-state index contributed by atoms with van der Waals surface area (Å²) in [7, 11) is 1.64. The topological polar surface area (TPSA) is 53.6 Å². The molecule has 0 spiro atoms. The molecule has 100 valence electrons. The Bertz CT molecular complexity index is 230. The zero-order chi connectivity index (χ0) is 12.7. The minimum Gasteiger partial charge on any atom is -0.383 e. The van der Waals surface area contributed by atoms with E-state index in [0.717, 1.165) is 26.1 Å². The van der Waals surface area contributed by atoms with E-state index in [1.165, 1.54) is 0 Å². The van der Waals surface area contributed by atoms with E-state index in [1.54, 1.807) is 7.11 Å². The van der Waals surface area contributed by atoms with Crippen LogP contribution in [-0.2, 0) is 9.53 Å². The summed E-state index contributed by atoms with van der Waals surface area (Å²) in [6.45, 7) is 8.19. The third kappa shape index (κ3) is 4.26. The first-order valence-electron chi connectivity index (χ1n) is 6.43. The molecule has 2 N–H and O–H groups in total. The van der Waals surface area contributed by atoms with Crippen LogP contribution in [0.5, 0.6) is 0 Å². The summed E-state index contributed by atoms with van der Waals surface area (Å²) in [5, 5.41) is 6.24. The second-order valence-corrected chi connectivity index (χ2v) is 4.44. The highest BCUT2D eigenvalue weighted by atomic mass is 16.5. The Hall–Kier alpha value is -0.650. The van der Waals surface area contributed by atoms with E-state index >= 15 is 0 Å². The summed E-state index contributed by atoms with van der Waals surface area (Å²) in [6, 6.07) is 0.421. The molecular formula is C12H25N3O2. The highest BCUT2D eigenvalue weighted by Crippen LogP contribution is 2.12. The summed E-state index contributed by atoms with van der Waals surface area (Å²) in [4.78, 5) is 14.2. The first kappa shape index (κ1) is 14.4. The minimum absolute atomic E-state index is 0.0678. The molecule has 0 aliphatic carbocycles. The van der Waals surface area contributed by atoms with Gasteiger partial charge in [0, 0.05) is 26.2 Å². The van der Waals surface area contributed by atoms with Crippen molar-refractivity contribution in [1.82, 2.24) is 15.5 Å². The van der Waals surface area contributed by atoms with Crippen LogP contribution in [0.4, 0.5) is 0 Å². The molecule has 0 bridgehead atoms. The minimum atomic E-state index is -0.0678. The molecule has 0 saturated carbocycles. The van der Waals surface area contributed by atoms with Crippen molar-refractivity contribution in [3.8, 4) is 0 Å². The Kier molecular flexibility index (Phi) is 6.47. The molecule has 1 amide bonds. The summed E-state index contributed by atoms with van der Waals surface area (Å²) in [6.07, 6.45) is 1.13. The first-order valence-corrected chi connectivity index (χ1v) is 6.43. The summed E-state index contributed by atoms with van der Waals surface area (Å²) >= 11 is 0. The fraction of sp³-hybridized carbons (Fsp3) is 0.917. The molecule has 1 rings (SSSR count). The Morgan fingerprint density at radius 2 is 2.41 bits per heavy atom. The SMILES string of the molecule is CCN(C1CCNC1)C(C)C(=O)NCCOC. The quantitative estimate of drug-likeness (QED) is 0.609. The molecule has 1 heterocycles. The largest absolute Gasteiger partial charge is 0.383 e. The van der Waals surface area contributed by atoms with Gasteiger partial charge in [-0.05, 0) is 26.4 Å². The van der Waals surface area contributed by atoms with Gasteiger partial charge >= 0.3 is 0 Å². The van der Waals surface area contributed by atoms with Crippen molar-refractivity contribution < 1.29 is 9.53 Å². The Balaban J connectivity index is 2.41. The van der Waals surface area contributed by atoms with E-state index in [4.69, 9.17) is 4.74 Å². The second-order valence-electron chi connectivity index (χ2n) is 4.44. The van der Waals surface area contributed by atoms with Gasteiger partial charge in [0.25, 0.3) is 0 Å².